The van der Waals surface area contributed by atoms with Gasteiger partial charge in [-0.2, -0.15) is 5.10 Å². The molecule has 0 aliphatic heterocycles. The van der Waals surface area contributed by atoms with Crippen molar-refractivity contribution < 1.29 is 4.79 Å². The smallest absolute Gasteiger partial charge is 0.221 e. The van der Waals surface area contributed by atoms with Gasteiger partial charge < -0.3 is 10.2 Å². The summed E-state index contributed by atoms with van der Waals surface area (Å²) in [4.78, 5) is 13.7. The molecule has 0 spiro atoms. The third-order valence-corrected chi connectivity index (χ3v) is 3.34. The van der Waals surface area contributed by atoms with Crippen LogP contribution in [0.2, 0.25) is 0 Å². The minimum Gasteiger partial charge on any atom is -0.356 e. The second kappa shape index (κ2) is 7.53. The molecule has 102 valence electrons. The molecule has 0 aromatic carbocycles. The molecule has 6 heteroatoms. The van der Waals surface area contributed by atoms with Crippen LogP contribution in [0.4, 0.5) is 0 Å². The number of hydrogen-bond donors (Lipinski definition) is 1. The van der Waals surface area contributed by atoms with Crippen molar-refractivity contribution >= 4 is 21.8 Å². The monoisotopic (exact) mass is 316 g/mol. The van der Waals surface area contributed by atoms with E-state index < -0.39 is 0 Å². The zero-order valence-electron chi connectivity index (χ0n) is 11.2. The van der Waals surface area contributed by atoms with Crippen LogP contribution in [0.3, 0.4) is 0 Å². The number of rotatable bonds is 7. The molecule has 5 nitrogen and oxygen atoms in total. The van der Waals surface area contributed by atoms with Crippen molar-refractivity contribution in [3.63, 3.8) is 0 Å². The van der Waals surface area contributed by atoms with E-state index in [1.165, 1.54) is 0 Å². The number of carbonyl (C=O) groups excluding carboxylic acids is 1. The normalized spacial score (nSPS) is 10.9. The molecule has 0 bridgehead atoms. The van der Waals surface area contributed by atoms with E-state index in [9.17, 15) is 4.79 Å². The van der Waals surface area contributed by atoms with E-state index in [4.69, 9.17) is 0 Å². The molecule has 0 atom stereocenters. The van der Waals surface area contributed by atoms with Crippen LogP contribution in [0.15, 0.2) is 10.7 Å². The van der Waals surface area contributed by atoms with E-state index in [-0.39, 0.29) is 5.91 Å². The number of aryl methyl sites for hydroxylation is 2. The SMILES string of the molecule is Cc1nn(CCC(=O)NCCCN(C)C)cc1Br. The van der Waals surface area contributed by atoms with E-state index in [0.717, 1.165) is 29.7 Å². The standard InChI is InChI=1S/C12H21BrN4O/c1-10-11(13)9-17(15-10)8-5-12(18)14-6-4-7-16(2)3/h9H,4-8H2,1-3H3,(H,14,18). The average Bonchev–Trinajstić information content (AvgIpc) is 2.61. The fourth-order valence-corrected chi connectivity index (χ4v) is 1.85. The Hall–Kier alpha value is -0.880. The molecule has 1 N–H and O–H groups in total. The summed E-state index contributed by atoms with van der Waals surface area (Å²) < 4.78 is 2.77. The van der Waals surface area contributed by atoms with Crippen molar-refractivity contribution in [2.24, 2.45) is 0 Å². The lowest BCUT2D eigenvalue weighted by Gasteiger charge is -2.09. The minimum atomic E-state index is 0.0815. The number of hydrogen-bond acceptors (Lipinski definition) is 3. The molecule has 0 saturated heterocycles. The molecule has 1 heterocycles. The molecular weight excluding hydrogens is 296 g/mol. The first-order chi connectivity index (χ1) is 8.49. The molecule has 0 radical (unpaired) electrons. The van der Waals surface area contributed by atoms with Crippen molar-refractivity contribution in [2.45, 2.75) is 26.3 Å². The third kappa shape index (κ3) is 5.64. The summed E-state index contributed by atoms with van der Waals surface area (Å²) in [6.45, 7) is 4.28. The first-order valence-electron chi connectivity index (χ1n) is 6.10. The maximum atomic E-state index is 11.6. The third-order valence-electron chi connectivity index (χ3n) is 2.56. The predicted molar refractivity (Wildman–Crippen MR) is 75.5 cm³/mol. The predicted octanol–water partition coefficient (Wildman–Crippen LogP) is 1.41. The lowest BCUT2D eigenvalue weighted by molar-refractivity contribution is -0.121. The van der Waals surface area contributed by atoms with Crippen LogP contribution < -0.4 is 5.32 Å². The number of amides is 1. The van der Waals surface area contributed by atoms with Crippen molar-refractivity contribution in [1.82, 2.24) is 20.0 Å². The average molecular weight is 317 g/mol. The number of nitrogens with one attached hydrogen (secondary N) is 1. The van der Waals surface area contributed by atoms with Crippen LogP contribution in [0.5, 0.6) is 0 Å². The maximum Gasteiger partial charge on any atom is 0.221 e. The van der Waals surface area contributed by atoms with Crippen molar-refractivity contribution in [3.8, 4) is 0 Å². The molecule has 1 rings (SSSR count). The van der Waals surface area contributed by atoms with Gasteiger partial charge in [0.15, 0.2) is 0 Å². The van der Waals surface area contributed by atoms with Gasteiger partial charge in [0.2, 0.25) is 5.91 Å². The van der Waals surface area contributed by atoms with Crippen LogP contribution in [0, 0.1) is 6.92 Å². The van der Waals surface area contributed by atoms with Crippen LogP contribution in [-0.2, 0) is 11.3 Å². The van der Waals surface area contributed by atoms with Crippen LogP contribution in [0.1, 0.15) is 18.5 Å². The van der Waals surface area contributed by atoms with Gasteiger partial charge in [0.25, 0.3) is 0 Å². The summed E-state index contributed by atoms with van der Waals surface area (Å²) in [5.41, 5.74) is 0.946. The van der Waals surface area contributed by atoms with Gasteiger partial charge in [0.1, 0.15) is 0 Å². The molecule has 1 aromatic heterocycles. The quantitative estimate of drug-likeness (QED) is 0.774. The molecule has 18 heavy (non-hydrogen) atoms. The van der Waals surface area contributed by atoms with Crippen molar-refractivity contribution in [2.75, 3.05) is 27.2 Å². The van der Waals surface area contributed by atoms with E-state index in [1.54, 1.807) is 4.68 Å². The van der Waals surface area contributed by atoms with Crippen LogP contribution in [0.25, 0.3) is 0 Å². The van der Waals surface area contributed by atoms with Gasteiger partial charge in [-0.1, -0.05) is 0 Å². The lowest BCUT2D eigenvalue weighted by Crippen LogP contribution is -2.27. The zero-order chi connectivity index (χ0) is 13.5. The first kappa shape index (κ1) is 15.2. The van der Waals surface area contributed by atoms with E-state index in [0.29, 0.717) is 13.0 Å². The summed E-state index contributed by atoms with van der Waals surface area (Å²) in [6.07, 6.45) is 3.34. The number of nitrogens with zero attached hydrogens (tertiary/aromatic N) is 3. The Morgan fingerprint density at radius 3 is 2.83 bits per heavy atom. The highest BCUT2D eigenvalue weighted by Gasteiger charge is 2.04. The molecule has 0 aliphatic carbocycles. The van der Waals surface area contributed by atoms with E-state index in [2.05, 4.69) is 31.2 Å². The van der Waals surface area contributed by atoms with Crippen LogP contribution >= 0.6 is 15.9 Å². The van der Waals surface area contributed by atoms with Gasteiger partial charge in [-0.25, -0.2) is 0 Å². The van der Waals surface area contributed by atoms with Crippen molar-refractivity contribution in [1.29, 1.82) is 0 Å². The summed E-state index contributed by atoms with van der Waals surface area (Å²) in [6, 6.07) is 0. The molecule has 1 aromatic rings. The Balaban J connectivity index is 2.17. The second-order valence-electron chi connectivity index (χ2n) is 4.58. The molecule has 0 fully saturated rings. The van der Waals surface area contributed by atoms with Gasteiger partial charge in [-0.05, 0) is 49.9 Å². The Labute approximate surface area is 117 Å². The van der Waals surface area contributed by atoms with Crippen molar-refractivity contribution in [3.05, 3.63) is 16.4 Å². The maximum absolute atomic E-state index is 11.6. The Morgan fingerprint density at radius 1 is 1.56 bits per heavy atom. The summed E-state index contributed by atoms with van der Waals surface area (Å²) in [5, 5.41) is 7.20. The minimum absolute atomic E-state index is 0.0815. The number of carbonyl (C=O) groups is 1. The number of aromatic nitrogens is 2. The molecule has 1 amide bonds. The Kier molecular flexibility index (Phi) is 6.35. The van der Waals surface area contributed by atoms with Gasteiger partial charge >= 0.3 is 0 Å². The highest BCUT2D eigenvalue weighted by Crippen LogP contribution is 2.13. The first-order valence-corrected chi connectivity index (χ1v) is 6.89. The zero-order valence-corrected chi connectivity index (χ0v) is 12.8. The Morgan fingerprint density at radius 2 is 2.28 bits per heavy atom. The number of halogens is 1. The molecule has 0 unspecified atom stereocenters. The van der Waals surface area contributed by atoms with Gasteiger partial charge in [-0.3, -0.25) is 9.48 Å². The second-order valence-corrected chi connectivity index (χ2v) is 5.44. The topological polar surface area (TPSA) is 50.2 Å². The van der Waals surface area contributed by atoms with E-state index >= 15 is 0 Å². The Bertz CT molecular complexity index is 370. The van der Waals surface area contributed by atoms with Gasteiger partial charge in [0.05, 0.1) is 10.2 Å². The van der Waals surface area contributed by atoms with Crippen LogP contribution in [-0.4, -0.2) is 47.8 Å². The van der Waals surface area contributed by atoms with Gasteiger partial charge in [-0.15, -0.1) is 0 Å². The fraction of sp³-hybridized carbons (Fsp3) is 0.667. The highest BCUT2D eigenvalue weighted by atomic mass is 79.9. The molecular formula is C12H21BrN4O. The highest BCUT2D eigenvalue weighted by molar-refractivity contribution is 9.10. The largest absolute Gasteiger partial charge is 0.356 e. The lowest BCUT2D eigenvalue weighted by atomic mass is 10.3. The molecule has 0 saturated carbocycles. The fourth-order valence-electron chi connectivity index (χ4n) is 1.54. The van der Waals surface area contributed by atoms with E-state index in [1.807, 2.05) is 27.2 Å². The summed E-state index contributed by atoms with van der Waals surface area (Å²) >= 11 is 3.40. The summed E-state index contributed by atoms with van der Waals surface area (Å²) in [7, 11) is 4.06. The summed E-state index contributed by atoms with van der Waals surface area (Å²) in [5.74, 6) is 0.0815. The molecule has 0 aliphatic rings. The van der Waals surface area contributed by atoms with Gasteiger partial charge in [0, 0.05) is 25.7 Å².